The van der Waals surface area contributed by atoms with Gasteiger partial charge in [-0.05, 0) is 56.4 Å². The molecule has 2 unspecified atom stereocenters. The lowest BCUT2D eigenvalue weighted by Crippen LogP contribution is -2.55. The lowest BCUT2D eigenvalue weighted by molar-refractivity contribution is -0.143. The molecule has 10 nitrogen and oxygen atoms in total. The van der Waals surface area contributed by atoms with Gasteiger partial charge in [0, 0.05) is 37.2 Å². The number of hydrogen-bond acceptors (Lipinski definition) is 7. The summed E-state index contributed by atoms with van der Waals surface area (Å²) in [6.45, 7) is 9.03. The molecule has 3 saturated heterocycles. The molecule has 1 spiro atoms. The van der Waals surface area contributed by atoms with Gasteiger partial charge in [0.05, 0.1) is 22.1 Å². The molecular formula is C34H40N6O4S. The van der Waals surface area contributed by atoms with Crippen LogP contribution in [-0.4, -0.2) is 89.9 Å². The fourth-order valence-corrected chi connectivity index (χ4v) is 9.70. The third-order valence-electron chi connectivity index (χ3n) is 9.41. The van der Waals surface area contributed by atoms with Gasteiger partial charge in [-0.3, -0.25) is 14.4 Å². The van der Waals surface area contributed by atoms with Crippen molar-refractivity contribution in [1.82, 2.24) is 24.8 Å². The number of aromatic nitrogens is 3. The number of benzene rings is 2. The summed E-state index contributed by atoms with van der Waals surface area (Å²) >= 11 is 1.67. The number of nitrogens with zero attached hydrogens (tertiary/aromatic N) is 6. The lowest BCUT2D eigenvalue weighted by atomic mass is 9.70. The van der Waals surface area contributed by atoms with Crippen LogP contribution in [0, 0.1) is 11.8 Å². The van der Waals surface area contributed by atoms with Gasteiger partial charge >= 0.3 is 0 Å². The Hall–Kier alpha value is -3.96. The van der Waals surface area contributed by atoms with Crippen molar-refractivity contribution in [2.45, 2.75) is 54.8 Å². The highest BCUT2D eigenvalue weighted by molar-refractivity contribution is 8.02. The quantitative estimate of drug-likeness (QED) is 0.213. The molecule has 3 fully saturated rings. The molecule has 1 N–H and O–H groups in total. The first-order valence-electron chi connectivity index (χ1n) is 15.7. The van der Waals surface area contributed by atoms with Crippen LogP contribution in [0.25, 0.3) is 11.0 Å². The van der Waals surface area contributed by atoms with E-state index in [2.05, 4.69) is 23.5 Å². The maximum atomic E-state index is 14.8. The summed E-state index contributed by atoms with van der Waals surface area (Å²) < 4.78 is 0.989. The molecular weight excluding hydrogens is 588 g/mol. The van der Waals surface area contributed by atoms with Crippen LogP contribution in [0.4, 0.5) is 5.69 Å². The van der Waals surface area contributed by atoms with Crippen LogP contribution >= 0.6 is 11.8 Å². The Balaban J connectivity index is 1.35. The van der Waals surface area contributed by atoms with E-state index in [0.29, 0.717) is 32.4 Å². The Morgan fingerprint density at radius 3 is 2.53 bits per heavy atom. The maximum absolute atomic E-state index is 14.8. The first kappa shape index (κ1) is 31.0. The van der Waals surface area contributed by atoms with Gasteiger partial charge < -0.3 is 19.8 Å². The Morgan fingerprint density at radius 2 is 1.78 bits per heavy atom. The van der Waals surface area contributed by atoms with Crippen molar-refractivity contribution in [3.63, 3.8) is 0 Å². The number of aliphatic hydroxyl groups excluding tert-OH is 1. The molecule has 3 aliphatic heterocycles. The zero-order valence-corrected chi connectivity index (χ0v) is 26.2. The van der Waals surface area contributed by atoms with E-state index in [1.807, 2.05) is 54.6 Å². The van der Waals surface area contributed by atoms with E-state index < -0.39 is 22.6 Å². The summed E-state index contributed by atoms with van der Waals surface area (Å²) in [6, 6.07) is 16.4. The van der Waals surface area contributed by atoms with E-state index in [9.17, 15) is 19.5 Å². The highest BCUT2D eigenvalue weighted by Gasteiger charge is 2.74. The van der Waals surface area contributed by atoms with E-state index in [1.54, 1.807) is 43.3 Å². The van der Waals surface area contributed by atoms with Crippen LogP contribution in [0.15, 0.2) is 79.9 Å². The molecule has 0 radical (unpaired) electrons. The molecule has 3 aromatic rings. The number of carbonyl (C=O) groups is 3. The van der Waals surface area contributed by atoms with Crippen LogP contribution in [0.2, 0.25) is 0 Å². The Labute approximate surface area is 267 Å². The molecule has 4 heterocycles. The number of para-hydroxylation sites is 2. The predicted octanol–water partition coefficient (Wildman–Crippen LogP) is 3.88. The predicted molar refractivity (Wildman–Crippen MR) is 175 cm³/mol. The number of aliphatic hydroxyl groups is 1. The summed E-state index contributed by atoms with van der Waals surface area (Å²) in [4.78, 5) is 48.8. The number of likely N-dealkylation sites (tertiary alicyclic amines) is 1. The molecule has 0 aliphatic carbocycles. The SMILES string of the molecule is C=CCN(Cn1nnc2ccccc21)C(=O)C1N(CCCCCO)C(=O)[C@@H]2[C@H](C(=O)N(CC=C)c3ccccc3)[C@@H]3CCC12S3. The molecule has 1 aromatic heterocycles. The Kier molecular flexibility index (Phi) is 9.09. The number of unbranched alkanes of at least 4 members (excludes halogenated alkanes) is 2. The first-order valence-corrected chi connectivity index (χ1v) is 16.6. The normalized spacial score (nSPS) is 25.0. The third kappa shape index (κ3) is 5.46. The number of carbonyl (C=O) groups excluding carboxylic acids is 3. The van der Waals surface area contributed by atoms with Crippen molar-refractivity contribution in [1.29, 1.82) is 0 Å². The van der Waals surface area contributed by atoms with E-state index >= 15 is 0 Å². The molecule has 6 rings (SSSR count). The summed E-state index contributed by atoms with van der Waals surface area (Å²) in [7, 11) is 0. The van der Waals surface area contributed by atoms with Gasteiger partial charge in [0.1, 0.15) is 18.2 Å². The number of rotatable bonds is 14. The van der Waals surface area contributed by atoms with Gasteiger partial charge in [-0.2, -0.15) is 0 Å². The summed E-state index contributed by atoms with van der Waals surface area (Å²) in [5.41, 5.74) is 2.31. The van der Waals surface area contributed by atoms with Crippen molar-refractivity contribution < 1.29 is 19.5 Å². The number of amides is 3. The average molecular weight is 629 g/mol. The third-order valence-corrected chi connectivity index (χ3v) is 11.4. The summed E-state index contributed by atoms with van der Waals surface area (Å²) in [5, 5.41) is 17.9. The molecule has 236 valence electrons. The number of thioether (sulfide) groups is 1. The zero-order valence-electron chi connectivity index (χ0n) is 25.4. The first-order chi connectivity index (χ1) is 21.9. The monoisotopic (exact) mass is 628 g/mol. The smallest absolute Gasteiger partial charge is 0.248 e. The van der Waals surface area contributed by atoms with Crippen molar-refractivity contribution in [2.75, 3.05) is 31.1 Å². The molecule has 2 bridgehead atoms. The van der Waals surface area contributed by atoms with E-state index in [-0.39, 0.29) is 42.8 Å². The zero-order chi connectivity index (χ0) is 31.6. The molecule has 2 aromatic carbocycles. The summed E-state index contributed by atoms with van der Waals surface area (Å²) in [6.07, 6.45) is 6.87. The second-order valence-corrected chi connectivity index (χ2v) is 13.6. The van der Waals surface area contributed by atoms with E-state index in [1.165, 1.54) is 0 Å². The fraction of sp³-hybridized carbons (Fsp3) is 0.441. The highest BCUT2D eigenvalue weighted by atomic mass is 32.2. The average Bonchev–Trinajstić information content (AvgIpc) is 3.81. The number of anilines is 1. The molecule has 5 atom stereocenters. The van der Waals surface area contributed by atoms with Crippen molar-refractivity contribution in [3.05, 3.63) is 79.9 Å². The maximum Gasteiger partial charge on any atom is 0.248 e. The van der Waals surface area contributed by atoms with Crippen LogP contribution < -0.4 is 4.90 Å². The van der Waals surface area contributed by atoms with Crippen molar-refractivity contribution >= 4 is 46.2 Å². The van der Waals surface area contributed by atoms with E-state index in [4.69, 9.17) is 0 Å². The van der Waals surface area contributed by atoms with Gasteiger partial charge in [0.2, 0.25) is 17.7 Å². The topological polar surface area (TPSA) is 112 Å². The molecule has 11 heteroatoms. The van der Waals surface area contributed by atoms with Crippen molar-refractivity contribution in [2.24, 2.45) is 11.8 Å². The largest absolute Gasteiger partial charge is 0.396 e. The molecule has 45 heavy (non-hydrogen) atoms. The van der Waals surface area contributed by atoms with Gasteiger partial charge in [0.25, 0.3) is 0 Å². The Bertz CT molecular complexity index is 1580. The van der Waals surface area contributed by atoms with Gasteiger partial charge in [-0.25, -0.2) is 4.68 Å². The molecule has 0 saturated carbocycles. The number of fused-ring (bicyclic) bond motifs is 2. The second kappa shape index (κ2) is 13.2. The Morgan fingerprint density at radius 1 is 1.02 bits per heavy atom. The van der Waals surface area contributed by atoms with Crippen LogP contribution in [0.3, 0.4) is 0 Å². The minimum atomic E-state index is -0.726. The van der Waals surface area contributed by atoms with Crippen LogP contribution in [-0.2, 0) is 21.1 Å². The standard InChI is InChI=1S/C34H40N6O4S/c1-3-19-37(23-40-26-16-10-9-15-25(26)35-36-40)33(44)30-34-18-17-27(45-34)28(29(34)32(43)39(30)21-11-6-12-22-41)31(42)38(20-4-2)24-13-7-5-8-14-24/h3-5,7-10,13-16,27-30,41H,1-2,6,11-12,17-23H2/t27-,28+,29-,30?,34?/m0/s1. The van der Waals surface area contributed by atoms with Gasteiger partial charge in [0.15, 0.2) is 0 Å². The van der Waals surface area contributed by atoms with Gasteiger partial charge in [-0.1, -0.05) is 47.7 Å². The van der Waals surface area contributed by atoms with Crippen LogP contribution in [0.5, 0.6) is 0 Å². The minimum absolute atomic E-state index is 0.0542. The van der Waals surface area contributed by atoms with Gasteiger partial charge in [-0.15, -0.1) is 30.0 Å². The van der Waals surface area contributed by atoms with Crippen LogP contribution in [0.1, 0.15) is 32.1 Å². The summed E-state index contributed by atoms with van der Waals surface area (Å²) in [5.74, 6) is -1.53. The second-order valence-electron chi connectivity index (χ2n) is 12.0. The molecule has 3 amide bonds. The lowest BCUT2D eigenvalue weighted by Gasteiger charge is -2.37. The minimum Gasteiger partial charge on any atom is -0.396 e. The van der Waals surface area contributed by atoms with E-state index in [0.717, 1.165) is 29.6 Å². The van der Waals surface area contributed by atoms with Crippen molar-refractivity contribution in [3.8, 4) is 0 Å². The molecule has 3 aliphatic rings. The number of hydrogen-bond donors (Lipinski definition) is 1. The fourth-order valence-electron chi connectivity index (χ4n) is 7.49. The highest BCUT2D eigenvalue weighted by Crippen LogP contribution is 2.66.